The Morgan fingerprint density at radius 2 is 2.29 bits per heavy atom. The highest BCUT2D eigenvalue weighted by Gasteiger charge is 2.42. The molecule has 0 radical (unpaired) electrons. The number of hydrogen-bond acceptors (Lipinski definition) is 2. The van der Waals surface area contributed by atoms with Crippen LogP contribution in [-0.2, 0) is 11.2 Å². The normalized spacial score (nSPS) is 22.9. The van der Waals surface area contributed by atoms with E-state index in [0.29, 0.717) is 6.42 Å². The summed E-state index contributed by atoms with van der Waals surface area (Å²) in [6.45, 7) is 8.60. The molecule has 0 aliphatic carbocycles. The maximum Gasteiger partial charge on any atom is 0.220 e. The number of aryl methyl sites for hydroxylation is 1. The van der Waals surface area contributed by atoms with Crippen LogP contribution in [0.25, 0.3) is 10.9 Å². The minimum Gasteiger partial charge on any atom is -0.361 e. The zero-order chi connectivity index (χ0) is 19.6. The average molecular weight is 382 g/mol. The fourth-order valence-electron chi connectivity index (χ4n) is 4.79. The molecule has 1 amide bonds. The van der Waals surface area contributed by atoms with Crippen LogP contribution in [0.15, 0.2) is 29.4 Å². The molecule has 2 aliphatic heterocycles. The van der Waals surface area contributed by atoms with E-state index in [4.69, 9.17) is 4.99 Å². The number of hydrogen-bond donors (Lipinski definition) is 3. The number of likely N-dealkylation sites (tertiary alicyclic amines) is 1. The number of aliphatic imine (C=N–C) groups is 1. The van der Waals surface area contributed by atoms with Gasteiger partial charge in [-0.05, 0) is 50.3 Å². The monoisotopic (exact) mass is 381 g/mol. The lowest BCUT2D eigenvalue weighted by Crippen LogP contribution is -2.51. The zero-order valence-electron chi connectivity index (χ0n) is 17.0. The molecule has 1 atom stereocenters. The van der Waals surface area contributed by atoms with Crippen molar-refractivity contribution in [2.45, 2.75) is 39.5 Å². The van der Waals surface area contributed by atoms with Gasteiger partial charge in [0.2, 0.25) is 5.91 Å². The van der Waals surface area contributed by atoms with E-state index >= 15 is 0 Å². The highest BCUT2D eigenvalue weighted by molar-refractivity contribution is 5.86. The number of H-pyrrole nitrogens is 1. The van der Waals surface area contributed by atoms with Crippen LogP contribution in [-0.4, -0.2) is 54.5 Å². The third-order valence-corrected chi connectivity index (χ3v) is 6.13. The Balaban J connectivity index is 1.46. The molecular weight excluding hydrogens is 350 g/mol. The van der Waals surface area contributed by atoms with Gasteiger partial charge in [-0.25, -0.2) is 0 Å². The summed E-state index contributed by atoms with van der Waals surface area (Å²) in [7, 11) is 0. The maximum atomic E-state index is 11.8. The first-order valence-electron chi connectivity index (χ1n) is 10.5. The summed E-state index contributed by atoms with van der Waals surface area (Å²) in [6, 6.07) is 6.38. The van der Waals surface area contributed by atoms with Gasteiger partial charge in [0.15, 0.2) is 5.96 Å². The van der Waals surface area contributed by atoms with Gasteiger partial charge in [-0.3, -0.25) is 9.79 Å². The number of fused-ring (bicyclic) bond motifs is 1. The van der Waals surface area contributed by atoms with Gasteiger partial charge < -0.3 is 20.5 Å². The van der Waals surface area contributed by atoms with Crippen molar-refractivity contribution in [2.75, 3.05) is 32.7 Å². The van der Waals surface area contributed by atoms with Gasteiger partial charge in [-0.2, -0.15) is 0 Å². The molecule has 6 nitrogen and oxygen atoms in total. The molecule has 150 valence electrons. The van der Waals surface area contributed by atoms with Crippen molar-refractivity contribution in [1.29, 1.82) is 0 Å². The molecule has 2 aromatic rings. The van der Waals surface area contributed by atoms with E-state index < -0.39 is 0 Å². The number of aromatic nitrogens is 1. The Kier molecular flexibility index (Phi) is 5.29. The van der Waals surface area contributed by atoms with Crippen LogP contribution >= 0.6 is 0 Å². The fourth-order valence-corrected chi connectivity index (χ4v) is 4.79. The molecule has 3 heterocycles. The highest BCUT2D eigenvalue weighted by atomic mass is 16.1. The van der Waals surface area contributed by atoms with E-state index in [0.717, 1.165) is 57.9 Å². The lowest BCUT2D eigenvalue weighted by Gasteiger charge is -2.40. The van der Waals surface area contributed by atoms with E-state index in [2.05, 4.69) is 58.8 Å². The predicted molar refractivity (Wildman–Crippen MR) is 114 cm³/mol. The molecule has 2 fully saturated rings. The smallest absolute Gasteiger partial charge is 0.220 e. The molecule has 1 aromatic carbocycles. The lowest BCUT2D eigenvalue weighted by atomic mass is 9.79. The molecule has 1 spiro atoms. The van der Waals surface area contributed by atoms with Crippen LogP contribution in [0.5, 0.6) is 0 Å². The van der Waals surface area contributed by atoms with Gasteiger partial charge in [0, 0.05) is 61.7 Å². The van der Waals surface area contributed by atoms with Gasteiger partial charge >= 0.3 is 0 Å². The van der Waals surface area contributed by atoms with Crippen LogP contribution in [0, 0.1) is 12.3 Å². The second-order valence-electron chi connectivity index (χ2n) is 8.28. The first kappa shape index (κ1) is 18.8. The van der Waals surface area contributed by atoms with E-state index in [1.165, 1.54) is 22.0 Å². The lowest BCUT2D eigenvalue weighted by molar-refractivity contribution is -0.119. The van der Waals surface area contributed by atoms with Gasteiger partial charge in [0.1, 0.15) is 0 Å². The number of amides is 1. The number of benzene rings is 1. The summed E-state index contributed by atoms with van der Waals surface area (Å²) < 4.78 is 0. The van der Waals surface area contributed by atoms with Crippen LogP contribution in [0.4, 0.5) is 0 Å². The standard InChI is InChI=1S/C22H31N5O/c1-3-23-21(27-11-5-9-22(15-27)12-19(28)26-14-22)24-10-8-17-13-25-18-7-4-6-16(2)20(17)18/h4,6-7,13,25H,3,5,8-12,14-15H2,1-2H3,(H,23,24)(H,26,28). The molecule has 28 heavy (non-hydrogen) atoms. The minimum absolute atomic E-state index is 0.0828. The topological polar surface area (TPSA) is 72.5 Å². The van der Waals surface area contributed by atoms with E-state index in [9.17, 15) is 4.79 Å². The van der Waals surface area contributed by atoms with Gasteiger partial charge in [-0.1, -0.05) is 12.1 Å². The summed E-state index contributed by atoms with van der Waals surface area (Å²) in [5, 5.41) is 7.82. The highest BCUT2D eigenvalue weighted by Crippen LogP contribution is 2.36. The van der Waals surface area contributed by atoms with Crippen LogP contribution in [0.1, 0.15) is 37.3 Å². The van der Waals surface area contributed by atoms with Crippen molar-refractivity contribution >= 4 is 22.8 Å². The Hall–Kier alpha value is -2.50. The summed E-state index contributed by atoms with van der Waals surface area (Å²) in [6.07, 6.45) is 5.92. The number of guanidine groups is 1. The second-order valence-corrected chi connectivity index (χ2v) is 8.28. The summed E-state index contributed by atoms with van der Waals surface area (Å²) in [5.74, 6) is 1.18. The maximum absolute atomic E-state index is 11.8. The Bertz CT molecular complexity index is 886. The van der Waals surface area contributed by atoms with Crippen LogP contribution in [0.2, 0.25) is 0 Å². The van der Waals surface area contributed by atoms with Crippen molar-refractivity contribution in [3.63, 3.8) is 0 Å². The minimum atomic E-state index is 0.0828. The molecule has 2 saturated heterocycles. The van der Waals surface area contributed by atoms with Crippen LogP contribution < -0.4 is 10.6 Å². The van der Waals surface area contributed by atoms with Gasteiger partial charge in [0.05, 0.1) is 0 Å². The molecule has 0 saturated carbocycles. The molecule has 1 aromatic heterocycles. The number of rotatable bonds is 4. The average Bonchev–Trinajstić information content (AvgIpc) is 3.26. The molecule has 1 unspecified atom stereocenters. The number of nitrogens with zero attached hydrogens (tertiary/aromatic N) is 2. The number of carbonyl (C=O) groups is 1. The largest absolute Gasteiger partial charge is 0.361 e. The first-order chi connectivity index (χ1) is 13.6. The molecular formula is C22H31N5O. The Morgan fingerprint density at radius 3 is 3.07 bits per heavy atom. The van der Waals surface area contributed by atoms with Crippen molar-refractivity contribution in [3.05, 3.63) is 35.5 Å². The van der Waals surface area contributed by atoms with Crippen molar-refractivity contribution < 1.29 is 4.79 Å². The SMILES string of the molecule is CCNC(=NCCc1c[nH]c2cccc(C)c12)N1CCCC2(CNC(=O)C2)C1. The van der Waals surface area contributed by atoms with Gasteiger partial charge in [-0.15, -0.1) is 0 Å². The summed E-state index contributed by atoms with van der Waals surface area (Å²) in [4.78, 5) is 22.4. The number of carbonyl (C=O) groups excluding carboxylic acids is 1. The molecule has 6 heteroatoms. The Morgan fingerprint density at radius 1 is 1.39 bits per heavy atom. The number of aromatic amines is 1. The summed E-state index contributed by atoms with van der Waals surface area (Å²) in [5.41, 5.74) is 3.91. The van der Waals surface area contributed by atoms with Crippen LogP contribution in [0.3, 0.4) is 0 Å². The molecule has 2 aliphatic rings. The fraction of sp³-hybridized carbons (Fsp3) is 0.545. The van der Waals surface area contributed by atoms with Gasteiger partial charge in [0.25, 0.3) is 0 Å². The second kappa shape index (κ2) is 7.86. The number of piperidine rings is 1. The molecule has 0 bridgehead atoms. The molecule has 4 rings (SSSR count). The quantitative estimate of drug-likeness (QED) is 0.563. The third kappa shape index (κ3) is 3.73. The zero-order valence-corrected chi connectivity index (χ0v) is 17.0. The summed E-state index contributed by atoms with van der Waals surface area (Å²) >= 11 is 0. The van der Waals surface area contributed by atoms with E-state index in [1.807, 2.05) is 0 Å². The van der Waals surface area contributed by atoms with E-state index in [1.54, 1.807) is 0 Å². The third-order valence-electron chi connectivity index (χ3n) is 6.13. The Labute approximate surface area is 166 Å². The van der Waals surface area contributed by atoms with Crippen molar-refractivity contribution in [3.8, 4) is 0 Å². The molecule has 3 N–H and O–H groups in total. The predicted octanol–water partition coefficient (Wildman–Crippen LogP) is 2.59. The first-order valence-corrected chi connectivity index (χ1v) is 10.5. The van der Waals surface area contributed by atoms with E-state index in [-0.39, 0.29) is 11.3 Å². The number of nitrogens with one attached hydrogen (secondary N) is 3. The van der Waals surface area contributed by atoms with Crippen molar-refractivity contribution in [2.24, 2.45) is 10.4 Å². The van der Waals surface area contributed by atoms with Crippen molar-refractivity contribution in [1.82, 2.24) is 20.5 Å².